The number of methoxy groups -OCH3 is 1. The zero-order valence-electron chi connectivity index (χ0n) is 10.4. The van der Waals surface area contributed by atoms with Crippen LogP contribution in [0.3, 0.4) is 0 Å². The minimum atomic E-state index is 0.555. The topological polar surface area (TPSA) is 52.0 Å². The van der Waals surface area contributed by atoms with E-state index in [1.807, 2.05) is 18.2 Å². The summed E-state index contributed by atoms with van der Waals surface area (Å²) in [4.78, 5) is 0. The van der Waals surface area contributed by atoms with Gasteiger partial charge in [-0.15, -0.1) is 5.10 Å². The smallest absolute Gasteiger partial charge is 0.137 e. The normalized spacial score (nSPS) is 10.6. The number of aromatic nitrogens is 3. The van der Waals surface area contributed by atoms with E-state index >= 15 is 0 Å². The van der Waals surface area contributed by atoms with Crippen molar-refractivity contribution < 1.29 is 4.74 Å². The third-order valence-corrected chi connectivity index (χ3v) is 2.85. The standard InChI is InChI=1S/C12H15ClN4O/c1-3-14-7-10-8-15-16-17(10)9-4-5-12(18-2)11(13)6-9/h4-6,8,14H,3,7H2,1-2H3. The number of benzene rings is 1. The third-order valence-electron chi connectivity index (χ3n) is 2.56. The summed E-state index contributed by atoms with van der Waals surface area (Å²) >= 11 is 6.10. The predicted octanol–water partition coefficient (Wildman–Crippen LogP) is 2.04. The van der Waals surface area contributed by atoms with Crippen molar-refractivity contribution in [3.8, 4) is 11.4 Å². The van der Waals surface area contributed by atoms with Gasteiger partial charge in [-0.05, 0) is 24.7 Å². The van der Waals surface area contributed by atoms with Gasteiger partial charge in [0.25, 0.3) is 0 Å². The van der Waals surface area contributed by atoms with Crippen molar-refractivity contribution in [1.82, 2.24) is 20.3 Å². The Morgan fingerprint density at radius 3 is 2.94 bits per heavy atom. The van der Waals surface area contributed by atoms with E-state index in [9.17, 15) is 0 Å². The molecule has 0 bridgehead atoms. The summed E-state index contributed by atoms with van der Waals surface area (Å²) < 4.78 is 6.88. The molecule has 1 aromatic carbocycles. The molecule has 1 N–H and O–H groups in total. The molecule has 0 amide bonds. The lowest BCUT2D eigenvalue weighted by atomic mass is 10.3. The molecule has 0 saturated carbocycles. The summed E-state index contributed by atoms with van der Waals surface area (Å²) in [5.74, 6) is 0.647. The molecule has 1 heterocycles. The fourth-order valence-corrected chi connectivity index (χ4v) is 1.89. The minimum Gasteiger partial charge on any atom is -0.495 e. The van der Waals surface area contributed by atoms with Gasteiger partial charge in [0, 0.05) is 6.54 Å². The fourth-order valence-electron chi connectivity index (χ4n) is 1.63. The van der Waals surface area contributed by atoms with Crippen LogP contribution < -0.4 is 10.1 Å². The highest BCUT2D eigenvalue weighted by atomic mass is 35.5. The molecular weight excluding hydrogens is 252 g/mol. The molecule has 2 rings (SSSR count). The van der Waals surface area contributed by atoms with Crippen LogP contribution in [0.4, 0.5) is 0 Å². The molecule has 18 heavy (non-hydrogen) atoms. The number of halogens is 1. The molecule has 96 valence electrons. The van der Waals surface area contributed by atoms with Crippen LogP contribution >= 0.6 is 11.6 Å². The summed E-state index contributed by atoms with van der Waals surface area (Å²) in [7, 11) is 1.59. The molecule has 0 aliphatic rings. The maximum absolute atomic E-state index is 6.10. The number of nitrogens with zero attached hydrogens (tertiary/aromatic N) is 3. The van der Waals surface area contributed by atoms with Gasteiger partial charge in [-0.2, -0.15) is 0 Å². The van der Waals surface area contributed by atoms with Gasteiger partial charge in [0.15, 0.2) is 0 Å². The number of ether oxygens (including phenoxy) is 1. The van der Waals surface area contributed by atoms with E-state index in [4.69, 9.17) is 16.3 Å². The SMILES string of the molecule is CCNCc1cnnn1-c1ccc(OC)c(Cl)c1. The lowest BCUT2D eigenvalue weighted by molar-refractivity contribution is 0.415. The van der Waals surface area contributed by atoms with Crippen LogP contribution in [0.5, 0.6) is 5.75 Å². The van der Waals surface area contributed by atoms with Crippen molar-refractivity contribution in [2.75, 3.05) is 13.7 Å². The molecule has 1 aromatic heterocycles. The molecule has 6 heteroatoms. The van der Waals surface area contributed by atoms with Gasteiger partial charge in [-0.1, -0.05) is 23.7 Å². The van der Waals surface area contributed by atoms with Crippen LogP contribution in [0.2, 0.25) is 5.02 Å². The molecule has 0 aliphatic heterocycles. The van der Waals surface area contributed by atoms with E-state index < -0.39 is 0 Å². The van der Waals surface area contributed by atoms with Crippen molar-refractivity contribution in [2.24, 2.45) is 0 Å². The first kappa shape index (κ1) is 12.9. The largest absolute Gasteiger partial charge is 0.495 e. The first-order valence-corrected chi connectivity index (χ1v) is 6.08. The second-order valence-electron chi connectivity index (χ2n) is 3.74. The zero-order chi connectivity index (χ0) is 13.0. The molecule has 0 saturated heterocycles. The highest BCUT2D eigenvalue weighted by Gasteiger charge is 2.08. The number of hydrogen-bond donors (Lipinski definition) is 1. The Hall–Kier alpha value is -1.59. The lowest BCUT2D eigenvalue weighted by Gasteiger charge is -2.08. The van der Waals surface area contributed by atoms with Crippen LogP contribution in [0.15, 0.2) is 24.4 Å². The van der Waals surface area contributed by atoms with Crippen LogP contribution in [-0.2, 0) is 6.54 Å². The molecule has 2 aromatic rings. The predicted molar refractivity (Wildman–Crippen MR) is 70.3 cm³/mol. The first-order valence-electron chi connectivity index (χ1n) is 5.70. The third kappa shape index (κ3) is 2.63. The van der Waals surface area contributed by atoms with Crippen molar-refractivity contribution >= 4 is 11.6 Å². The molecule has 0 radical (unpaired) electrons. The van der Waals surface area contributed by atoms with Crippen LogP contribution in [0.1, 0.15) is 12.6 Å². The number of rotatable bonds is 5. The Labute approximate surface area is 111 Å². The first-order chi connectivity index (χ1) is 8.76. The van der Waals surface area contributed by atoms with Crippen molar-refractivity contribution in [3.63, 3.8) is 0 Å². The van der Waals surface area contributed by atoms with Gasteiger partial charge in [0.2, 0.25) is 0 Å². The molecule has 0 spiro atoms. The van der Waals surface area contributed by atoms with Crippen molar-refractivity contribution in [2.45, 2.75) is 13.5 Å². The Balaban J connectivity index is 2.31. The maximum atomic E-state index is 6.10. The maximum Gasteiger partial charge on any atom is 0.137 e. The highest BCUT2D eigenvalue weighted by Crippen LogP contribution is 2.26. The summed E-state index contributed by atoms with van der Waals surface area (Å²) in [6.07, 6.45) is 1.74. The molecule has 5 nitrogen and oxygen atoms in total. The molecular formula is C12H15ClN4O. The molecule has 0 atom stereocenters. The second kappa shape index (κ2) is 5.84. The Bertz CT molecular complexity index is 527. The van der Waals surface area contributed by atoms with Crippen LogP contribution in [0, 0.1) is 0 Å². The summed E-state index contributed by atoms with van der Waals surface area (Å²) in [6, 6.07) is 5.52. The fraction of sp³-hybridized carbons (Fsp3) is 0.333. The van der Waals surface area contributed by atoms with E-state index in [0.717, 1.165) is 17.9 Å². The quantitative estimate of drug-likeness (QED) is 0.900. The monoisotopic (exact) mass is 266 g/mol. The number of nitrogens with one attached hydrogen (secondary N) is 1. The van der Waals surface area contributed by atoms with Crippen molar-refractivity contribution in [3.05, 3.63) is 35.1 Å². The van der Waals surface area contributed by atoms with E-state index in [1.165, 1.54) is 0 Å². The lowest BCUT2D eigenvalue weighted by Crippen LogP contribution is -2.15. The molecule has 0 fully saturated rings. The Morgan fingerprint density at radius 2 is 2.28 bits per heavy atom. The average molecular weight is 267 g/mol. The van der Waals surface area contributed by atoms with Gasteiger partial charge in [0.05, 0.1) is 29.7 Å². The average Bonchev–Trinajstić information content (AvgIpc) is 2.84. The Kier molecular flexibility index (Phi) is 4.17. The van der Waals surface area contributed by atoms with E-state index in [-0.39, 0.29) is 0 Å². The molecule has 0 aliphatic carbocycles. The van der Waals surface area contributed by atoms with E-state index in [2.05, 4.69) is 22.6 Å². The van der Waals surface area contributed by atoms with Crippen molar-refractivity contribution in [1.29, 1.82) is 0 Å². The van der Waals surface area contributed by atoms with Crippen LogP contribution in [-0.4, -0.2) is 28.6 Å². The van der Waals surface area contributed by atoms with Gasteiger partial charge < -0.3 is 10.1 Å². The number of hydrogen-bond acceptors (Lipinski definition) is 4. The van der Waals surface area contributed by atoms with Gasteiger partial charge in [-0.3, -0.25) is 0 Å². The van der Waals surface area contributed by atoms with Gasteiger partial charge >= 0.3 is 0 Å². The van der Waals surface area contributed by atoms with Gasteiger partial charge in [0.1, 0.15) is 5.75 Å². The van der Waals surface area contributed by atoms with E-state index in [0.29, 0.717) is 17.3 Å². The molecule has 0 unspecified atom stereocenters. The minimum absolute atomic E-state index is 0.555. The second-order valence-corrected chi connectivity index (χ2v) is 4.14. The Morgan fingerprint density at radius 1 is 1.44 bits per heavy atom. The summed E-state index contributed by atoms with van der Waals surface area (Å²) in [5.41, 5.74) is 1.85. The zero-order valence-corrected chi connectivity index (χ0v) is 11.1. The summed E-state index contributed by atoms with van der Waals surface area (Å²) in [5, 5.41) is 11.8. The van der Waals surface area contributed by atoms with E-state index in [1.54, 1.807) is 18.0 Å². The summed E-state index contributed by atoms with van der Waals surface area (Å²) in [6.45, 7) is 3.67. The highest BCUT2D eigenvalue weighted by molar-refractivity contribution is 6.32. The van der Waals surface area contributed by atoms with Gasteiger partial charge in [-0.25, -0.2) is 4.68 Å². The van der Waals surface area contributed by atoms with Crippen LogP contribution in [0.25, 0.3) is 5.69 Å².